The molecule has 0 saturated carbocycles. The van der Waals surface area contributed by atoms with E-state index in [-0.39, 0.29) is 0 Å². The Hall–Kier alpha value is -1.08. The van der Waals surface area contributed by atoms with Crippen LogP contribution in [0.2, 0.25) is 0 Å². The van der Waals surface area contributed by atoms with Crippen molar-refractivity contribution in [1.29, 1.82) is 0 Å². The number of aryl methyl sites for hydroxylation is 1. The fraction of sp³-hybridized carbons (Fsp3) is 0.500. The maximum atomic E-state index is 11.9. The van der Waals surface area contributed by atoms with E-state index in [0.717, 1.165) is 10.8 Å². The number of carbonyl (C=O) groups is 2. The van der Waals surface area contributed by atoms with E-state index >= 15 is 0 Å². The lowest BCUT2D eigenvalue weighted by atomic mass is 9.99. The average molecular weight is 272 g/mol. The van der Waals surface area contributed by atoms with Crippen molar-refractivity contribution in [3.63, 3.8) is 0 Å². The van der Waals surface area contributed by atoms with Gasteiger partial charge in [-0.1, -0.05) is 0 Å². The van der Waals surface area contributed by atoms with Crippen LogP contribution in [-0.2, 0) is 4.79 Å². The van der Waals surface area contributed by atoms with E-state index in [1.54, 1.807) is 12.3 Å². The summed E-state index contributed by atoms with van der Waals surface area (Å²) in [6, 6.07) is 0. The summed E-state index contributed by atoms with van der Waals surface area (Å²) in [5, 5.41) is 14.3. The van der Waals surface area contributed by atoms with Crippen molar-refractivity contribution in [3.05, 3.63) is 16.1 Å². The van der Waals surface area contributed by atoms with Crippen LogP contribution in [0.3, 0.4) is 0 Å². The van der Waals surface area contributed by atoms with E-state index in [2.05, 4.69) is 10.3 Å². The molecule has 1 amide bonds. The Balaban J connectivity index is 2.14. The number of carbonyl (C=O) groups excluding carboxylic acids is 1. The Bertz CT molecular complexity index is 452. The Morgan fingerprint density at radius 3 is 2.82 bits per heavy atom. The first-order chi connectivity index (χ1) is 8.03. The SMILES string of the molecule is Cc1nc(C(=O)N[C@@]2(C(=O)O)CCSC2)cs1. The molecule has 92 valence electrons. The minimum Gasteiger partial charge on any atom is -0.479 e. The molecule has 1 aromatic heterocycles. The van der Waals surface area contributed by atoms with Crippen LogP contribution in [0, 0.1) is 6.92 Å². The molecule has 5 nitrogen and oxygen atoms in total. The topological polar surface area (TPSA) is 79.3 Å². The molecule has 2 N–H and O–H groups in total. The number of aliphatic carboxylic acids is 1. The first-order valence-electron chi connectivity index (χ1n) is 5.09. The molecule has 2 rings (SSSR count). The number of thioether (sulfide) groups is 1. The highest BCUT2D eigenvalue weighted by Crippen LogP contribution is 2.28. The molecule has 17 heavy (non-hydrogen) atoms. The third-order valence-corrected chi connectivity index (χ3v) is 4.60. The lowest BCUT2D eigenvalue weighted by molar-refractivity contribution is -0.143. The van der Waals surface area contributed by atoms with Crippen LogP contribution >= 0.6 is 23.1 Å². The second-order valence-electron chi connectivity index (χ2n) is 3.90. The highest BCUT2D eigenvalue weighted by atomic mass is 32.2. The normalized spacial score (nSPS) is 23.6. The van der Waals surface area contributed by atoms with Crippen molar-refractivity contribution >= 4 is 35.0 Å². The summed E-state index contributed by atoms with van der Waals surface area (Å²) in [7, 11) is 0. The van der Waals surface area contributed by atoms with Crippen LogP contribution in [0.4, 0.5) is 0 Å². The fourth-order valence-electron chi connectivity index (χ4n) is 1.63. The van der Waals surface area contributed by atoms with Gasteiger partial charge in [0.05, 0.1) is 5.01 Å². The zero-order chi connectivity index (χ0) is 12.5. The van der Waals surface area contributed by atoms with Gasteiger partial charge in [-0.25, -0.2) is 9.78 Å². The maximum Gasteiger partial charge on any atom is 0.330 e. The molecule has 0 spiro atoms. The summed E-state index contributed by atoms with van der Waals surface area (Å²) in [5.74, 6) is -0.207. The molecule has 2 heterocycles. The van der Waals surface area contributed by atoms with E-state index in [0.29, 0.717) is 17.9 Å². The summed E-state index contributed by atoms with van der Waals surface area (Å²) in [6.45, 7) is 1.81. The molecular weight excluding hydrogens is 260 g/mol. The number of rotatable bonds is 3. The third kappa shape index (κ3) is 2.44. The van der Waals surface area contributed by atoms with Crippen molar-refractivity contribution in [2.24, 2.45) is 0 Å². The molecule has 7 heteroatoms. The molecule has 1 aliphatic heterocycles. The van der Waals surface area contributed by atoms with Gasteiger partial charge in [-0.05, 0) is 19.1 Å². The number of amides is 1. The first-order valence-corrected chi connectivity index (χ1v) is 7.13. The van der Waals surface area contributed by atoms with Gasteiger partial charge >= 0.3 is 5.97 Å². The Labute approximate surface area is 107 Å². The van der Waals surface area contributed by atoms with E-state index in [1.165, 1.54) is 23.1 Å². The van der Waals surface area contributed by atoms with Crippen molar-refractivity contribution in [3.8, 4) is 0 Å². The van der Waals surface area contributed by atoms with Gasteiger partial charge in [0.15, 0.2) is 0 Å². The smallest absolute Gasteiger partial charge is 0.330 e. The standard InChI is InChI=1S/C10H12N2O3S2/c1-6-11-7(4-17-6)8(13)12-10(9(14)15)2-3-16-5-10/h4H,2-3,5H2,1H3,(H,12,13)(H,14,15)/t10-/m0/s1. The fourth-order valence-corrected chi connectivity index (χ4v) is 3.55. The third-order valence-electron chi connectivity index (χ3n) is 2.64. The Kier molecular flexibility index (Phi) is 3.39. The Morgan fingerprint density at radius 1 is 1.59 bits per heavy atom. The lowest BCUT2D eigenvalue weighted by Crippen LogP contribution is -2.54. The van der Waals surface area contributed by atoms with Crippen LogP contribution in [0.5, 0.6) is 0 Å². The highest BCUT2D eigenvalue weighted by Gasteiger charge is 2.43. The molecule has 1 saturated heterocycles. The van der Waals surface area contributed by atoms with Crippen molar-refractivity contribution in [2.75, 3.05) is 11.5 Å². The number of carboxylic acids is 1. The summed E-state index contributed by atoms with van der Waals surface area (Å²) in [6.07, 6.45) is 0.460. The van der Waals surface area contributed by atoms with E-state index in [1.807, 2.05) is 0 Å². The number of hydrogen-bond acceptors (Lipinski definition) is 5. The van der Waals surface area contributed by atoms with Gasteiger partial charge in [0.1, 0.15) is 11.2 Å². The quantitative estimate of drug-likeness (QED) is 0.862. The highest BCUT2D eigenvalue weighted by molar-refractivity contribution is 7.99. The largest absolute Gasteiger partial charge is 0.479 e. The number of thiazole rings is 1. The molecule has 0 aliphatic carbocycles. The molecule has 1 atom stereocenters. The van der Waals surface area contributed by atoms with Crippen LogP contribution in [0.25, 0.3) is 0 Å². The van der Waals surface area contributed by atoms with E-state index in [9.17, 15) is 14.7 Å². The number of aromatic nitrogens is 1. The van der Waals surface area contributed by atoms with Crippen LogP contribution in [0.1, 0.15) is 21.9 Å². The van der Waals surface area contributed by atoms with Crippen LogP contribution < -0.4 is 5.32 Å². The van der Waals surface area contributed by atoms with Gasteiger partial charge in [0.25, 0.3) is 5.91 Å². The van der Waals surface area contributed by atoms with Crippen molar-refractivity contribution < 1.29 is 14.7 Å². The van der Waals surface area contributed by atoms with Gasteiger partial charge in [-0.15, -0.1) is 11.3 Å². The predicted molar refractivity (Wildman–Crippen MR) is 66.6 cm³/mol. The minimum atomic E-state index is -1.13. The predicted octanol–water partition coefficient (Wildman–Crippen LogP) is 1.14. The summed E-state index contributed by atoms with van der Waals surface area (Å²) in [5.41, 5.74) is -0.829. The van der Waals surface area contributed by atoms with Crippen LogP contribution in [-0.4, -0.2) is 39.0 Å². The number of nitrogens with zero attached hydrogens (tertiary/aromatic N) is 1. The van der Waals surface area contributed by atoms with Crippen molar-refractivity contribution in [2.45, 2.75) is 18.9 Å². The summed E-state index contributed by atoms with van der Waals surface area (Å²) >= 11 is 2.91. The van der Waals surface area contributed by atoms with E-state index in [4.69, 9.17) is 0 Å². The zero-order valence-corrected chi connectivity index (χ0v) is 10.9. The van der Waals surface area contributed by atoms with E-state index < -0.39 is 17.4 Å². The van der Waals surface area contributed by atoms with Gasteiger partial charge < -0.3 is 10.4 Å². The monoisotopic (exact) mass is 272 g/mol. The lowest BCUT2D eigenvalue weighted by Gasteiger charge is -2.23. The van der Waals surface area contributed by atoms with Gasteiger partial charge in [0.2, 0.25) is 0 Å². The first kappa shape index (κ1) is 12.4. The maximum absolute atomic E-state index is 11.9. The minimum absolute atomic E-state index is 0.296. The molecule has 0 radical (unpaired) electrons. The number of nitrogens with one attached hydrogen (secondary N) is 1. The second-order valence-corrected chi connectivity index (χ2v) is 6.06. The number of hydrogen-bond donors (Lipinski definition) is 2. The van der Waals surface area contributed by atoms with Crippen LogP contribution in [0.15, 0.2) is 5.38 Å². The molecule has 0 bridgehead atoms. The molecular formula is C10H12N2O3S2. The summed E-state index contributed by atoms with van der Waals surface area (Å²) < 4.78 is 0. The Morgan fingerprint density at radius 2 is 2.35 bits per heavy atom. The number of carboxylic acid groups (broad SMARTS) is 1. The molecule has 1 aromatic rings. The molecule has 1 fully saturated rings. The van der Waals surface area contributed by atoms with Gasteiger partial charge in [-0.3, -0.25) is 4.79 Å². The molecule has 0 unspecified atom stereocenters. The van der Waals surface area contributed by atoms with Gasteiger partial charge in [0, 0.05) is 11.1 Å². The van der Waals surface area contributed by atoms with Gasteiger partial charge in [-0.2, -0.15) is 11.8 Å². The second kappa shape index (κ2) is 4.66. The molecule has 0 aromatic carbocycles. The summed E-state index contributed by atoms with van der Waals surface area (Å²) in [4.78, 5) is 27.2. The average Bonchev–Trinajstić information content (AvgIpc) is 2.87. The zero-order valence-electron chi connectivity index (χ0n) is 9.23. The molecule has 1 aliphatic rings. The van der Waals surface area contributed by atoms with Crippen molar-refractivity contribution in [1.82, 2.24) is 10.3 Å².